The van der Waals surface area contributed by atoms with Crippen LogP contribution in [-0.4, -0.2) is 27.9 Å². The van der Waals surface area contributed by atoms with Crippen LogP contribution in [0, 0.1) is 0 Å². The van der Waals surface area contributed by atoms with Crippen LogP contribution in [0.2, 0.25) is 0 Å². The van der Waals surface area contributed by atoms with Crippen molar-refractivity contribution in [1.29, 1.82) is 0 Å². The molecular weight excluding hydrogens is 286 g/mol. The third-order valence-corrected chi connectivity index (χ3v) is 3.12. The van der Waals surface area contributed by atoms with Gasteiger partial charge in [0, 0.05) is 17.2 Å². The number of rotatable bonds is 5. The van der Waals surface area contributed by atoms with Gasteiger partial charge in [-0.1, -0.05) is 0 Å². The quantitative estimate of drug-likeness (QED) is 0.646. The number of hydrogen-bond donors (Lipinski definition) is 2. The lowest BCUT2D eigenvalue weighted by Gasteiger charge is -2.04. The number of carbonyl (C=O) groups is 3. The van der Waals surface area contributed by atoms with Crippen LogP contribution in [0.1, 0.15) is 43.6 Å². The Hall–Kier alpha value is -3.02. The van der Waals surface area contributed by atoms with Crippen LogP contribution < -0.4 is 4.57 Å². The number of hydrogen-bond acceptors (Lipinski definition) is 3. The fraction of sp³-hybridized carbons (Fsp3) is 0.125. The predicted octanol–water partition coefficient (Wildman–Crippen LogP) is 1.62. The Labute approximate surface area is 126 Å². The number of carbonyl (C=O) groups excluding carboxylic acids is 1. The molecule has 2 aromatic rings. The van der Waals surface area contributed by atoms with Crippen molar-refractivity contribution >= 4 is 17.7 Å². The van der Waals surface area contributed by atoms with Gasteiger partial charge >= 0.3 is 11.9 Å². The molecule has 0 spiro atoms. The molecule has 1 aromatic heterocycles. The Morgan fingerprint density at radius 2 is 1.64 bits per heavy atom. The first-order valence-corrected chi connectivity index (χ1v) is 6.47. The van der Waals surface area contributed by atoms with Crippen LogP contribution in [0.4, 0.5) is 0 Å². The standard InChI is InChI=1S/C16H13NO5/c1-10(18)13-5-11(6-14(7-13)16(21)22)8-17-4-2-3-12(9-17)15(19)20/h2-7,9H,8H2,1H3,(H-,19,20,21,22)/p+1. The fourth-order valence-corrected chi connectivity index (χ4v) is 2.07. The summed E-state index contributed by atoms with van der Waals surface area (Å²) in [4.78, 5) is 33.6. The maximum atomic E-state index is 11.5. The average molecular weight is 300 g/mol. The summed E-state index contributed by atoms with van der Waals surface area (Å²) in [7, 11) is 0. The maximum Gasteiger partial charge on any atom is 0.341 e. The lowest BCUT2D eigenvalue weighted by molar-refractivity contribution is -0.688. The second-order valence-corrected chi connectivity index (χ2v) is 4.85. The largest absolute Gasteiger partial charge is 0.478 e. The van der Waals surface area contributed by atoms with Crippen molar-refractivity contribution in [1.82, 2.24) is 0 Å². The van der Waals surface area contributed by atoms with Gasteiger partial charge in [-0.3, -0.25) is 4.79 Å². The first kappa shape index (κ1) is 15.4. The highest BCUT2D eigenvalue weighted by Gasteiger charge is 2.14. The Morgan fingerprint density at radius 1 is 1.00 bits per heavy atom. The lowest BCUT2D eigenvalue weighted by Crippen LogP contribution is -2.34. The Bertz CT molecular complexity index is 735. The van der Waals surface area contributed by atoms with Gasteiger partial charge in [0.15, 0.2) is 24.7 Å². The third-order valence-electron chi connectivity index (χ3n) is 3.12. The molecule has 22 heavy (non-hydrogen) atoms. The number of ketones is 1. The number of carboxylic acids is 2. The summed E-state index contributed by atoms with van der Waals surface area (Å²) in [6, 6.07) is 7.46. The molecule has 0 aliphatic rings. The molecule has 2 N–H and O–H groups in total. The zero-order valence-corrected chi connectivity index (χ0v) is 11.8. The molecule has 0 saturated heterocycles. The normalized spacial score (nSPS) is 10.2. The highest BCUT2D eigenvalue weighted by Crippen LogP contribution is 2.12. The van der Waals surface area contributed by atoms with Gasteiger partial charge in [-0.2, -0.15) is 4.57 Å². The van der Waals surface area contributed by atoms with E-state index in [1.807, 2.05) is 0 Å². The fourth-order valence-electron chi connectivity index (χ4n) is 2.07. The van der Waals surface area contributed by atoms with Gasteiger partial charge in [0.2, 0.25) is 0 Å². The molecule has 6 nitrogen and oxygen atoms in total. The number of nitrogens with zero attached hydrogens (tertiary/aromatic N) is 1. The minimum Gasteiger partial charge on any atom is -0.478 e. The van der Waals surface area contributed by atoms with Crippen LogP contribution in [0.3, 0.4) is 0 Å². The van der Waals surface area contributed by atoms with Crippen LogP contribution in [0.5, 0.6) is 0 Å². The average Bonchev–Trinajstić information content (AvgIpc) is 2.47. The minimum atomic E-state index is -1.12. The van der Waals surface area contributed by atoms with Crippen LogP contribution >= 0.6 is 0 Å². The summed E-state index contributed by atoms with van der Waals surface area (Å²) in [5, 5.41) is 18.1. The van der Waals surface area contributed by atoms with Crippen molar-refractivity contribution in [2.45, 2.75) is 13.5 Å². The van der Waals surface area contributed by atoms with E-state index in [-0.39, 0.29) is 23.5 Å². The number of benzene rings is 1. The van der Waals surface area contributed by atoms with E-state index in [0.717, 1.165) is 0 Å². The van der Waals surface area contributed by atoms with Crippen LogP contribution in [-0.2, 0) is 6.54 Å². The van der Waals surface area contributed by atoms with Crippen molar-refractivity contribution in [3.63, 3.8) is 0 Å². The molecular formula is C16H14NO5+. The van der Waals surface area contributed by atoms with Crippen molar-refractivity contribution in [2.75, 3.05) is 0 Å². The zero-order valence-electron chi connectivity index (χ0n) is 11.8. The van der Waals surface area contributed by atoms with E-state index in [0.29, 0.717) is 11.1 Å². The lowest BCUT2D eigenvalue weighted by atomic mass is 10.0. The maximum absolute atomic E-state index is 11.5. The molecule has 2 rings (SSSR count). The number of carboxylic acid groups (broad SMARTS) is 2. The number of pyridine rings is 1. The summed E-state index contributed by atoms with van der Waals surface area (Å²) in [5.41, 5.74) is 1.07. The molecule has 0 radical (unpaired) electrons. The Morgan fingerprint density at radius 3 is 2.23 bits per heavy atom. The smallest absolute Gasteiger partial charge is 0.341 e. The monoisotopic (exact) mass is 300 g/mol. The van der Waals surface area contributed by atoms with Gasteiger partial charge in [-0.05, 0) is 31.2 Å². The van der Waals surface area contributed by atoms with Crippen molar-refractivity contribution in [2.24, 2.45) is 0 Å². The van der Waals surface area contributed by atoms with Gasteiger partial charge in [0.1, 0.15) is 5.56 Å². The molecule has 0 fully saturated rings. The van der Waals surface area contributed by atoms with Crippen molar-refractivity contribution in [3.8, 4) is 0 Å². The molecule has 0 bridgehead atoms. The summed E-state index contributed by atoms with van der Waals surface area (Å²) < 4.78 is 1.62. The molecule has 0 amide bonds. The summed E-state index contributed by atoms with van der Waals surface area (Å²) in [6.07, 6.45) is 3.12. The molecule has 112 valence electrons. The van der Waals surface area contributed by atoms with Gasteiger partial charge < -0.3 is 10.2 Å². The van der Waals surface area contributed by atoms with Crippen LogP contribution in [0.25, 0.3) is 0 Å². The molecule has 0 aliphatic heterocycles. The van der Waals surface area contributed by atoms with Gasteiger partial charge in [-0.15, -0.1) is 0 Å². The van der Waals surface area contributed by atoms with E-state index < -0.39 is 11.9 Å². The predicted molar refractivity (Wildman–Crippen MR) is 76.1 cm³/mol. The van der Waals surface area contributed by atoms with E-state index in [9.17, 15) is 14.4 Å². The van der Waals surface area contributed by atoms with E-state index >= 15 is 0 Å². The van der Waals surface area contributed by atoms with E-state index in [4.69, 9.17) is 10.2 Å². The number of Topliss-reactive ketones (excluding diaryl/α,β-unsaturated/α-hetero) is 1. The van der Waals surface area contributed by atoms with E-state index in [1.54, 1.807) is 22.9 Å². The topological polar surface area (TPSA) is 95.5 Å². The minimum absolute atomic E-state index is 0.0256. The number of aromatic carboxylic acids is 2. The summed E-state index contributed by atoms with van der Waals surface area (Å²) in [5.74, 6) is -2.39. The van der Waals surface area contributed by atoms with Gasteiger partial charge in [-0.25, -0.2) is 9.59 Å². The van der Waals surface area contributed by atoms with E-state index in [2.05, 4.69) is 0 Å². The molecule has 1 heterocycles. The summed E-state index contributed by atoms with van der Waals surface area (Å²) in [6.45, 7) is 1.63. The molecule has 0 aliphatic carbocycles. The second kappa shape index (κ2) is 6.17. The molecule has 1 aromatic carbocycles. The molecule has 6 heteroatoms. The Balaban J connectivity index is 2.40. The highest BCUT2D eigenvalue weighted by molar-refractivity contribution is 5.97. The van der Waals surface area contributed by atoms with Crippen LogP contribution in [0.15, 0.2) is 42.7 Å². The zero-order chi connectivity index (χ0) is 16.3. The van der Waals surface area contributed by atoms with Crippen molar-refractivity contribution in [3.05, 3.63) is 65.0 Å². The van der Waals surface area contributed by atoms with Gasteiger partial charge in [0.25, 0.3) is 0 Å². The molecule has 0 saturated carbocycles. The third kappa shape index (κ3) is 3.54. The Kier molecular flexibility index (Phi) is 4.31. The highest BCUT2D eigenvalue weighted by atomic mass is 16.4. The second-order valence-electron chi connectivity index (χ2n) is 4.85. The first-order chi connectivity index (χ1) is 10.4. The molecule has 0 atom stereocenters. The molecule has 0 unspecified atom stereocenters. The van der Waals surface area contributed by atoms with Gasteiger partial charge in [0.05, 0.1) is 5.56 Å². The van der Waals surface area contributed by atoms with Crippen molar-refractivity contribution < 1.29 is 29.2 Å². The van der Waals surface area contributed by atoms with E-state index in [1.165, 1.54) is 31.3 Å². The number of aromatic nitrogens is 1. The SMILES string of the molecule is CC(=O)c1cc(C[n+]2cccc(C(=O)O)c2)cc(C(=O)O)c1. The summed E-state index contributed by atoms with van der Waals surface area (Å²) >= 11 is 0. The first-order valence-electron chi connectivity index (χ1n) is 6.47.